The van der Waals surface area contributed by atoms with E-state index in [2.05, 4.69) is 47.6 Å². The minimum absolute atomic E-state index is 0.00446. The number of nitrogens with one attached hydrogen (secondary N) is 2. The quantitative estimate of drug-likeness (QED) is 0.279. The van der Waals surface area contributed by atoms with E-state index in [4.69, 9.17) is 0 Å². The van der Waals surface area contributed by atoms with Gasteiger partial charge in [-0.3, -0.25) is 10.1 Å². The Balaban J connectivity index is 1.57. The number of aromatic hydroxyl groups is 1. The maximum absolute atomic E-state index is 10.9. The lowest BCUT2D eigenvalue weighted by Crippen LogP contribution is -2.45. The lowest BCUT2D eigenvalue weighted by atomic mass is 10.2. The first-order chi connectivity index (χ1) is 16.0. The predicted molar refractivity (Wildman–Crippen MR) is 125 cm³/mol. The number of phenolic OH excluding ortho intramolecular Hbond substituents is 1. The number of hydrazone groups is 1. The van der Waals surface area contributed by atoms with Crippen LogP contribution >= 0.6 is 0 Å². The Bertz CT molecular complexity index is 1150. The second kappa shape index (κ2) is 9.87. The summed E-state index contributed by atoms with van der Waals surface area (Å²) in [7, 11) is 2.06. The van der Waals surface area contributed by atoms with E-state index in [9.17, 15) is 15.2 Å². The van der Waals surface area contributed by atoms with Crippen LogP contribution in [0.2, 0.25) is 0 Å². The van der Waals surface area contributed by atoms with Crippen LogP contribution in [0.5, 0.6) is 5.75 Å². The van der Waals surface area contributed by atoms with E-state index in [0.717, 1.165) is 26.2 Å². The third-order valence-corrected chi connectivity index (χ3v) is 5.05. The first-order valence-corrected chi connectivity index (χ1v) is 10.3. The van der Waals surface area contributed by atoms with Gasteiger partial charge in [0.1, 0.15) is 5.75 Å². The highest BCUT2D eigenvalue weighted by Crippen LogP contribution is 2.21. The number of rotatable bonds is 7. The van der Waals surface area contributed by atoms with Crippen molar-refractivity contribution in [1.29, 1.82) is 0 Å². The fourth-order valence-electron chi connectivity index (χ4n) is 3.17. The molecule has 0 amide bonds. The molecule has 3 aromatic rings. The number of hydrogen-bond donors (Lipinski definition) is 3. The Kier molecular flexibility index (Phi) is 6.55. The first kappa shape index (κ1) is 21.9. The zero-order chi connectivity index (χ0) is 23.2. The van der Waals surface area contributed by atoms with Crippen molar-refractivity contribution < 1.29 is 10.0 Å². The van der Waals surface area contributed by atoms with Crippen molar-refractivity contribution >= 4 is 35.4 Å². The van der Waals surface area contributed by atoms with Gasteiger partial charge in [0.05, 0.1) is 11.1 Å². The third-order valence-electron chi connectivity index (χ3n) is 5.05. The van der Waals surface area contributed by atoms with Gasteiger partial charge in [0.25, 0.3) is 5.69 Å². The maximum Gasteiger partial charge on any atom is 0.269 e. The van der Waals surface area contributed by atoms with Crippen LogP contribution in [0.25, 0.3) is 0 Å². The predicted octanol–water partition coefficient (Wildman–Crippen LogP) is 2.43. The molecule has 0 aliphatic carbocycles. The molecule has 1 fully saturated rings. The lowest BCUT2D eigenvalue weighted by molar-refractivity contribution is -0.384. The summed E-state index contributed by atoms with van der Waals surface area (Å²) in [6, 6.07) is 12.8. The van der Waals surface area contributed by atoms with Gasteiger partial charge in [0.15, 0.2) is 0 Å². The number of benzene rings is 2. The molecule has 0 spiro atoms. The molecule has 1 saturated heterocycles. The van der Waals surface area contributed by atoms with Gasteiger partial charge in [0, 0.05) is 49.6 Å². The molecule has 170 valence electrons. The standard InChI is InChI=1S/C21H23N9O3/c1-28-10-12-29(13-11-28)21-25-19(23-16-6-8-17(9-7-16)30(32)33)24-20(26-21)27-22-14-15-4-2-3-5-18(15)31/h2-9,14,31H,10-13H2,1H3,(H2,23,24,25,26,27)/b22-14+. The van der Waals surface area contributed by atoms with Crippen LogP contribution in [0.3, 0.4) is 0 Å². The minimum atomic E-state index is -0.456. The monoisotopic (exact) mass is 449 g/mol. The number of piperazine rings is 1. The number of anilines is 4. The largest absolute Gasteiger partial charge is 0.507 e. The van der Waals surface area contributed by atoms with Gasteiger partial charge in [-0.25, -0.2) is 5.43 Å². The average Bonchev–Trinajstić information content (AvgIpc) is 2.81. The molecule has 1 aliphatic heterocycles. The number of nitro benzene ring substituents is 1. The van der Waals surface area contributed by atoms with Gasteiger partial charge in [-0.15, -0.1) is 0 Å². The van der Waals surface area contributed by atoms with Gasteiger partial charge in [0.2, 0.25) is 17.8 Å². The summed E-state index contributed by atoms with van der Waals surface area (Å²) >= 11 is 0. The SMILES string of the molecule is CN1CCN(c2nc(N/N=C/c3ccccc3O)nc(Nc3ccc([N+](=O)[O-])cc3)n2)CC1. The summed E-state index contributed by atoms with van der Waals surface area (Å²) in [4.78, 5) is 28.1. The van der Waals surface area contributed by atoms with E-state index in [1.165, 1.54) is 18.3 Å². The van der Waals surface area contributed by atoms with Crippen molar-refractivity contribution in [2.24, 2.45) is 5.10 Å². The molecule has 33 heavy (non-hydrogen) atoms. The molecule has 0 saturated carbocycles. The van der Waals surface area contributed by atoms with Crippen LogP contribution in [0.15, 0.2) is 53.6 Å². The smallest absolute Gasteiger partial charge is 0.269 e. The Morgan fingerprint density at radius 2 is 1.73 bits per heavy atom. The molecule has 0 unspecified atom stereocenters. The summed E-state index contributed by atoms with van der Waals surface area (Å²) in [5, 5.41) is 28.0. The van der Waals surface area contributed by atoms with Crippen molar-refractivity contribution in [3.63, 3.8) is 0 Å². The number of para-hydroxylation sites is 1. The first-order valence-electron chi connectivity index (χ1n) is 10.3. The number of nitro groups is 1. The van der Waals surface area contributed by atoms with Gasteiger partial charge < -0.3 is 20.2 Å². The van der Waals surface area contributed by atoms with E-state index >= 15 is 0 Å². The van der Waals surface area contributed by atoms with Crippen molar-refractivity contribution in [2.45, 2.75) is 0 Å². The summed E-state index contributed by atoms with van der Waals surface area (Å²) in [5.41, 5.74) is 3.93. The highest BCUT2D eigenvalue weighted by molar-refractivity contribution is 5.83. The molecule has 3 N–H and O–H groups in total. The van der Waals surface area contributed by atoms with E-state index in [1.807, 2.05) is 0 Å². The average molecular weight is 449 g/mol. The lowest BCUT2D eigenvalue weighted by Gasteiger charge is -2.32. The molecule has 1 aliphatic rings. The number of likely N-dealkylation sites (N-methyl/N-ethyl adjacent to an activating group) is 1. The summed E-state index contributed by atoms with van der Waals surface area (Å²) in [6.07, 6.45) is 1.47. The number of aromatic nitrogens is 3. The molecule has 4 rings (SSSR count). The summed E-state index contributed by atoms with van der Waals surface area (Å²) in [6.45, 7) is 3.28. The summed E-state index contributed by atoms with van der Waals surface area (Å²) < 4.78 is 0. The van der Waals surface area contributed by atoms with Crippen LogP contribution < -0.4 is 15.6 Å². The number of nitrogens with zero attached hydrogens (tertiary/aromatic N) is 7. The topological polar surface area (TPSA) is 145 Å². The Morgan fingerprint density at radius 3 is 2.42 bits per heavy atom. The van der Waals surface area contributed by atoms with E-state index < -0.39 is 4.92 Å². The minimum Gasteiger partial charge on any atom is -0.507 e. The zero-order valence-corrected chi connectivity index (χ0v) is 17.9. The van der Waals surface area contributed by atoms with Crippen LogP contribution in [-0.4, -0.2) is 69.3 Å². The molecule has 12 nitrogen and oxygen atoms in total. The zero-order valence-electron chi connectivity index (χ0n) is 17.9. The van der Waals surface area contributed by atoms with Crippen molar-refractivity contribution in [3.8, 4) is 5.75 Å². The van der Waals surface area contributed by atoms with Crippen LogP contribution in [0.4, 0.5) is 29.2 Å². The van der Waals surface area contributed by atoms with E-state index in [0.29, 0.717) is 17.2 Å². The molecular weight excluding hydrogens is 426 g/mol. The highest BCUT2D eigenvalue weighted by atomic mass is 16.6. The second-order valence-corrected chi connectivity index (χ2v) is 7.43. The van der Waals surface area contributed by atoms with Gasteiger partial charge in [-0.05, 0) is 31.3 Å². The normalized spacial score (nSPS) is 14.4. The second-order valence-electron chi connectivity index (χ2n) is 7.43. The van der Waals surface area contributed by atoms with Crippen molar-refractivity contribution in [2.75, 3.05) is 48.9 Å². The number of non-ortho nitro benzene ring substituents is 1. The Morgan fingerprint density at radius 1 is 1.03 bits per heavy atom. The van der Waals surface area contributed by atoms with Crippen molar-refractivity contribution in [3.05, 3.63) is 64.2 Å². The Hall–Kier alpha value is -4.32. The molecule has 0 radical (unpaired) electrons. The fraction of sp³-hybridized carbons (Fsp3) is 0.238. The van der Waals surface area contributed by atoms with Crippen LogP contribution in [-0.2, 0) is 0 Å². The van der Waals surface area contributed by atoms with Crippen LogP contribution in [0, 0.1) is 10.1 Å². The van der Waals surface area contributed by atoms with Crippen molar-refractivity contribution in [1.82, 2.24) is 19.9 Å². The number of phenols is 1. The van der Waals surface area contributed by atoms with Gasteiger partial charge >= 0.3 is 0 Å². The van der Waals surface area contributed by atoms with E-state index in [1.54, 1.807) is 36.4 Å². The third kappa shape index (κ3) is 5.68. The molecule has 2 heterocycles. The highest BCUT2D eigenvalue weighted by Gasteiger charge is 2.19. The van der Waals surface area contributed by atoms with Gasteiger partial charge in [-0.2, -0.15) is 20.1 Å². The molecule has 0 bridgehead atoms. The van der Waals surface area contributed by atoms with E-state index in [-0.39, 0.29) is 23.3 Å². The summed E-state index contributed by atoms with van der Waals surface area (Å²) in [5.74, 6) is 1.09. The molecule has 2 aromatic carbocycles. The molecule has 0 atom stereocenters. The maximum atomic E-state index is 10.9. The molecular formula is C21H23N9O3. The van der Waals surface area contributed by atoms with Gasteiger partial charge in [-0.1, -0.05) is 12.1 Å². The molecule has 12 heteroatoms. The number of hydrogen-bond acceptors (Lipinski definition) is 11. The Labute approximate surface area is 189 Å². The molecule has 1 aromatic heterocycles. The fourth-order valence-corrected chi connectivity index (χ4v) is 3.17. The van der Waals surface area contributed by atoms with Crippen LogP contribution in [0.1, 0.15) is 5.56 Å².